The first kappa shape index (κ1) is 10.8. The molecule has 4 N–H and O–H groups in total. The van der Waals surface area contributed by atoms with Crippen LogP contribution in [-0.2, 0) is 0 Å². The van der Waals surface area contributed by atoms with Crippen LogP contribution in [0, 0.1) is 0 Å². The number of nitrogens with one attached hydrogen (secondary N) is 2. The summed E-state index contributed by atoms with van der Waals surface area (Å²) >= 11 is 0. The Morgan fingerprint density at radius 1 is 1.56 bits per heavy atom. The van der Waals surface area contributed by atoms with E-state index in [0.717, 1.165) is 19.5 Å². The molecule has 86 valence electrons. The van der Waals surface area contributed by atoms with Gasteiger partial charge in [0.2, 0.25) is 0 Å². The minimum Gasteiger partial charge on any atom is -0.364 e. The number of hydrogen-bond donors (Lipinski definition) is 3. The molecule has 1 aliphatic heterocycles. The minimum absolute atomic E-state index is 0.0970. The Morgan fingerprint density at radius 3 is 2.94 bits per heavy atom. The summed E-state index contributed by atoms with van der Waals surface area (Å²) in [5.41, 5.74) is 5.33. The van der Waals surface area contributed by atoms with E-state index in [4.69, 9.17) is 5.73 Å². The number of carbonyl (C=O) groups is 1. The van der Waals surface area contributed by atoms with Crippen molar-refractivity contribution in [3.05, 3.63) is 18.1 Å². The Morgan fingerprint density at radius 2 is 2.31 bits per heavy atom. The van der Waals surface area contributed by atoms with Crippen LogP contribution in [0.1, 0.15) is 23.8 Å². The van der Waals surface area contributed by atoms with E-state index in [0.29, 0.717) is 5.82 Å². The Labute approximate surface area is 93.7 Å². The zero-order chi connectivity index (χ0) is 11.6. The normalized spacial score (nSPS) is 24.3. The molecule has 2 heterocycles. The zero-order valence-electron chi connectivity index (χ0n) is 9.16. The maximum Gasteiger partial charge on any atom is 0.271 e. The van der Waals surface area contributed by atoms with Gasteiger partial charge in [0, 0.05) is 24.5 Å². The van der Waals surface area contributed by atoms with E-state index < -0.39 is 5.91 Å². The second-order valence-corrected chi connectivity index (χ2v) is 4.23. The van der Waals surface area contributed by atoms with E-state index in [1.54, 1.807) is 6.20 Å². The number of aromatic nitrogens is 2. The van der Waals surface area contributed by atoms with Gasteiger partial charge in [0.1, 0.15) is 0 Å². The molecule has 1 saturated heterocycles. The highest BCUT2D eigenvalue weighted by molar-refractivity contribution is 5.95. The molecule has 0 aliphatic carbocycles. The van der Waals surface area contributed by atoms with Crippen LogP contribution >= 0.6 is 0 Å². The summed E-state index contributed by atoms with van der Waals surface area (Å²) in [6, 6.07) is 0. The largest absolute Gasteiger partial charge is 0.364 e. The molecular weight excluding hydrogens is 206 g/mol. The Hall–Kier alpha value is -1.69. The van der Waals surface area contributed by atoms with Gasteiger partial charge in [-0.25, -0.2) is 9.97 Å². The monoisotopic (exact) mass is 221 g/mol. The number of nitrogens with zero attached hydrogens (tertiary/aromatic N) is 2. The van der Waals surface area contributed by atoms with Crippen molar-refractivity contribution < 1.29 is 4.79 Å². The van der Waals surface area contributed by atoms with Crippen LogP contribution in [0.3, 0.4) is 0 Å². The minimum atomic E-state index is -0.565. The van der Waals surface area contributed by atoms with Crippen molar-refractivity contribution in [1.29, 1.82) is 0 Å². The van der Waals surface area contributed by atoms with Crippen molar-refractivity contribution in [2.75, 3.05) is 18.4 Å². The second kappa shape index (κ2) is 4.05. The fraction of sp³-hybridized carbons (Fsp3) is 0.500. The molecular formula is C10H15N5O. The highest BCUT2D eigenvalue weighted by Crippen LogP contribution is 2.20. The molecule has 2 rings (SSSR count). The first-order chi connectivity index (χ1) is 7.61. The molecule has 1 aliphatic rings. The first-order valence-corrected chi connectivity index (χ1v) is 5.20. The van der Waals surface area contributed by atoms with Gasteiger partial charge in [-0.1, -0.05) is 0 Å². The van der Waals surface area contributed by atoms with Gasteiger partial charge in [-0.15, -0.1) is 0 Å². The van der Waals surface area contributed by atoms with E-state index >= 15 is 0 Å². The average molecular weight is 221 g/mol. The molecule has 1 aromatic heterocycles. The molecule has 0 saturated carbocycles. The van der Waals surface area contributed by atoms with E-state index in [1.807, 2.05) is 0 Å². The molecule has 1 aromatic rings. The summed E-state index contributed by atoms with van der Waals surface area (Å²) in [5.74, 6) is -0.105. The Balaban J connectivity index is 2.23. The van der Waals surface area contributed by atoms with Gasteiger partial charge in [-0.05, 0) is 19.9 Å². The van der Waals surface area contributed by atoms with Crippen LogP contribution in [0.15, 0.2) is 12.4 Å². The summed E-state index contributed by atoms with van der Waals surface area (Å²) in [4.78, 5) is 19.2. The number of amides is 1. The lowest BCUT2D eigenvalue weighted by atomic mass is 10.0. The molecule has 1 unspecified atom stereocenters. The maximum absolute atomic E-state index is 11.2. The average Bonchev–Trinajstić information content (AvgIpc) is 2.65. The van der Waals surface area contributed by atoms with E-state index in [1.165, 1.54) is 6.20 Å². The lowest BCUT2D eigenvalue weighted by molar-refractivity contribution is 0.0996. The van der Waals surface area contributed by atoms with Gasteiger partial charge >= 0.3 is 0 Å². The SMILES string of the molecule is CC1(Nc2nccnc2C(N)=O)CCNC1. The van der Waals surface area contributed by atoms with Gasteiger partial charge in [0.25, 0.3) is 5.91 Å². The number of primary amides is 1. The number of rotatable bonds is 3. The zero-order valence-corrected chi connectivity index (χ0v) is 9.16. The predicted molar refractivity (Wildman–Crippen MR) is 60.1 cm³/mol. The molecule has 1 fully saturated rings. The molecule has 6 nitrogen and oxygen atoms in total. The van der Waals surface area contributed by atoms with E-state index in [2.05, 4.69) is 27.5 Å². The van der Waals surface area contributed by atoms with Crippen LogP contribution in [0.5, 0.6) is 0 Å². The second-order valence-electron chi connectivity index (χ2n) is 4.23. The Bertz CT molecular complexity index is 400. The number of nitrogens with two attached hydrogens (primary N) is 1. The molecule has 6 heteroatoms. The molecule has 0 spiro atoms. The molecule has 0 aromatic carbocycles. The topological polar surface area (TPSA) is 92.9 Å². The third-order valence-electron chi connectivity index (χ3n) is 2.72. The van der Waals surface area contributed by atoms with Crippen molar-refractivity contribution in [2.24, 2.45) is 5.73 Å². The summed E-state index contributed by atoms with van der Waals surface area (Å²) in [5, 5.41) is 6.49. The summed E-state index contributed by atoms with van der Waals surface area (Å²) in [6.07, 6.45) is 3.97. The van der Waals surface area contributed by atoms with Crippen molar-refractivity contribution in [3.63, 3.8) is 0 Å². The van der Waals surface area contributed by atoms with Crippen molar-refractivity contribution >= 4 is 11.7 Å². The van der Waals surface area contributed by atoms with Crippen LogP contribution in [0.2, 0.25) is 0 Å². The number of hydrogen-bond acceptors (Lipinski definition) is 5. The third kappa shape index (κ3) is 2.11. The molecule has 0 radical (unpaired) electrons. The summed E-state index contributed by atoms with van der Waals surface area (Å²) < 4.78 is 0. The van der Waals surface area contributed by atoms with E-state index in [9.17, 15) is 4.79 Å². The van der Waals surface area contributed by atoms with Gasteiger partial charge in [-0.3, -0.25) is 4.79 Å². The van der Waals surface area contributed by atoms with Crippen LogP contribution < -0.4 is 16.4 Å². The van der Waals surface area contributed by atoms with Gasteiger partial charge < -0.3 is 16.4 Å². The van der Waals surface area contributed by atoms with Gasteiger partial charge in [0.15, 0.2) is 11.5 Å². The van der Waals surface area contributed by atoms with Crippen molar-refractivity contribution in [2.45, 2.75) is 18.9 Å². The predicted octanol–water partition coefficient (Wildman–Crippen LogP) is -0.261. The lowest BCUT2D eigenvalue weighted by Crippen LogP contribution is -2.38. The lowest BCUT2D eigenvalue weighted by Gasteiger charge is -2.25. The van der Waals surface area contributed by atoms with Crippen LogP contribution in [-0.4, -0.2) is 34.5 Å². The molecule has 0 bridgehead atoms. The fourth-order valence-corrected chi connectivity index (χ4v) is 1.82. The summed E-state index contributed by atoms with van der Waals surface area (Å²) in [6.45, 7) is 3.86. The smallest absolute Gasteiger partial charge is 0.271 e. The highest BCUT2D eigenvalue weighted by atomic mass is 16.1. The standard InChI is InChI=1S/C10H15N5O/c1-10(2-3-12-6-10)15-9-7(8(11)16)13-4-5-14-9/h4-5,12H,2-3,6H2,1H3,(H2,11,16)(H,14,15). The Kier molecular flexibility index (Phi) is 2.74. The van der Waals surface area contributed by atoms with Gasteiger partial charge in [-0.2, -0.15) is 0 Å². The fourth-order valence-electron chi connectivity index (χ4n) is 1.82. The molecule has 16 heavy (non-hydrogen) atoms. The van der Waals surface area contributed by atoms with Crippen molar-refractivity contribution in [3.8, 4) is 0 Å². The van der Waals surface area contributed by atoms with Crippen molar-refractivity contribution in [1.82, 2.24) is 15.3 Å². The van der Waals surface area contributed by atoms with Crippen LogP contribution in [0.4, 0.5) is 5.82 Å². The first-order valence-electron chi connectivity index (χ1n) is 5.20. The van der Waals surface area contributed by atoms with E-state index in [-0.39, 0.29) is 11.2 Å². The quantitative estimate of drug-likeness (QED) is 0.654. The third-order valence-corrected chi connectivity index (χ3v) is 2.72. The van der Waals surface area contributed by atoms with Crippen LogP contribution in [0.25, 0.3) is 0 Å². The summed E-state index contributed by atoms with van der Waals surface area (Å²) in [7, 11) is 0. The molecule has 1 atom stereocenters. The number of carbonyl (C=O) groups excluding carboxylic acids is 1. The maximum atomic E-state index is 11.2. The number of anilines is 1. The molecule has 1 amide bonds. The highest BCUT2D eigenvalue weighted by Gasteiger charge is 2.29. The van der Waals surface area contributed by atoms with Gasteiger partial charge in [0.05, 0.1) is 0 Å².